The minimum absolute atomic E-state index is 0.216. The van der Waals surface area contributed by atoms with Crippen molar-refractivity contribution in [2.75, 3.05) is 0 Å². The predicted octanol–water partition coefficient (Wildman–Crippen LogP) is 7.05. The molecule has 19 heavy (non-hydrogen) atoms. The van der Waals surface area contributed by atoms with Crippen LogP contribution in [0.5, 0.6) is 0 Å². The van der Waals surface area contributed by atoms with Crippen LogP contribution in [0.25, 0.3) is 0 Å². The molecule has 2 aromatic rings. The van der Waals surface area contributed by atoms with E-state index < -0.39 is 0 Å². The van der Waals surface area contributed by atoms with Crippen molar-refractivity contribution in [3.8, 4) is 0 Å². The van der Waals surface area contributed by atoms with Gasteiger partial charge in [-0.25, -0.2) is 0 Å². The summed E-state index contributed by atoms with van der Waals surface area (Å²) in [5.41, 5.74) is 1.47. The maximum absolute atomic E-state index is 3.81. The number of hydrogen-bond donors (Lipinski definition) is 0. The standard InChI is InChI=1S/C15H15Br3S/c1-15(2,3)13-5-4-12(19-13)14(18)9-6-10(16)8-11(17)7-9/h4-8,14H,1-3H3. The molecule has 0 N–H and O–H groups in total. The van der Waals surface area contributed by atoms with Gasteiger partial charge >= 0.3 is 0 Å². The van der Waals surface area contributed by atoms with E-state index in [4.69, 9.17) is 0 Å². The molecule has 0 aliphatic heterocycles. The Morgan fingerprint density at radius 2 is 1.58 bits per heavy atom. The molecule has 1 unspecified atom stereocenters. The second-order valence-corrected chi connectivity index (χ2v) is 9.38. The quantitative estimate of drug-likeness (QED) is 0.416. The zero-order valence-corrected chi connectivity index (χ0v) is 16.6. The minimum atomic E-state index is 0.216. The average molecular weight is 467 g/mol. The molecule has 0 nitrogen and oxygen atoms in total. The van der Waals surface area contributed by atoms with E-state index in [1.54, 1.807) is 0 Å². The molecule has 0 amide bonds. The first-order valence-electron chi connectivity index (χ1n) is 5.97. The molecule has 2 rings (SSSR count). The smallest absolute Gasteiger partial charge is 0.0738 e. The van der Waals surface area contributed by atoms with E-state index in [0.29, 0.717) is 0 Å². The Kier molecular flexibility index (Phi) is 4.97. The summed E-state index contributed by atoms with van der Waals surface area (Å²) < 4.78 is 2.18. The van der Waals surface area contributed by atoms with E-state index in [-0.39, 0.29) is 10.2 Å². The van der Waals surface area contributed by atoms with Crippen LogP contribution in [0.15, 0.2) is 39.3 Å². The highest BCUT2D eigenvalue weighted by atomic mass is 79.9. The first-order chi connectivity index (χ1) is 8.77. The van der Waals surface area contributed by atoms with Gasteiger partial charge in [-0.1, -0.05) is 68.6 Å². The van der Waals surface area contributed by atoms with Crippen molar-refractivity contribution in [2.24, 2.45) is 0 Å². The van der Waals surface area contributed by atoms with Gasteiger partial charge < -0.3 is 0 Å². The SMILES string of the molecule is CC(C)(C)c1ccc(C(Br)c2cc(Br)cc(Br)c2)s1. The number of thiophene rings is 1. The van der Waals surface area contributed by atoms with Crippen LogP contribution in [0.1, 0.15) is 40.9 Å². The lowest BCUT2D eigenvalue weighted by Crippen LogP contribution is -2.07. The van der Waals surface area contributed by atoms with Crippen LogP contribution in [-0.4, -0.2) is 0 Å². The highest BCUT2D eigenvalue weighted by molar-refractivity contribution is 9.11. The molecule has 1 atom stereocenters. The van der Waals surface area contributed by atoms with Crippen molar-refractivity contribution < 1.29 is 0 Å². The van der Waals surface area contributed by atoms with Crippen molar-refractivity contribution >= 4 is 59.1 Å². The van der Waals surface area contributed by atoms with Gasteiger partial charge in [0.15, 0.2) is 0 Å². The van der Waals surface area contributed by atoms with Crippen molar-refractivity contribution in [1.29, 1.82) is 0 Å². The molecule has 1 aromatic heterocycles. The lowest BCUT2D eigenvalue weighted by atomic mass is 9.95. The summed E-state index contributed by atoms with van der Waals surface area (Å²) in [5, 5.41) is 0. The third-order valence-electron chi connectivity index (χ3n) is 2.79. The van der Waals surface area contributed by atoms with E-state index in [0.717, 1.165) is 8.95 Å². The molecule has 102 valence electrons. The van der Waals surface area contributed by atoms with E-state index >= 15 is 0 Å². The highest BCUT2D eigenvalue weighted by Crippen LogP contribution is 2.40. The molecular formula is C15H15Br3S. The van der Waals surface area contributed by atoms with Gasteiger partial charge in [0.2, 0.25) is 0 Å². The van der Waals surface area contributed by atoms with Gasteiger partial charge in [0, 0.05) is 18.7 Å². The topological polar surface area (TPSA) is 0 Å². The average Bonchev–Trinajstić information content (AvgIpc) is 2.75. The highest BCUT2D eigenvalue weighted by Gasteiger charge is 2.19. The second-order valence-electron chi connectivity index (χ2n) is 5.52. The van der Waals surface area contributed by atoms with Crippen molar-refractivity contribution in [2.45, 2.75) is 31.0 Å². The summed E-state index contributed by atoms with van der Waals surface area (Å²) in [6, 6.07) is 10.8. The molecule has 0 fully saturated rings. The van der Waals surface area contributed by atoms with Crippen LogP contribution < -0.4 is 0 Å². The Bertz CT molecular complexity index is 561. The number of halogens is 3. The summed E-state index contributed by atoms with van der Waals surface area (Å²) in [4.78, 5) is 3.00. The molecule has 1 aromatic carbocycles. The van der Waals surface area contributed by atoms with Crippen molar-refractivity contribution in [3.63, 3.8) is 0 Å². The summed E-state index contributed by atoms with van der Waals surface area (Å²) in [6.45, 7) is 6.75. The van der Waals surface area contributed by atoms with Gasteiger partial charge in [-0.15, -0.1) is 11.3 Å². The predicted molar refractivity (Wildman–Crippen MR) is 95.6 cm³/mol. The Morgan fingerprint density at radius 3 is 2.05 bits per heavy atom. The second kappa shape index (κ2) is 6.00. The molecule has 0 saturated heterocycles. The van der Waals surface area contributed by atoms with Crippen LogP contribution in [0.4, 0.5) is 0 Å². The fourth-order valence-corrected chi connectivity index (χ4v) is 4.88. The summed E-state index contributed by atoms with van der Waals surface area (Å²) in [7, 11) is 0. The zero-order valence-electron chi connectivity index (χ0n) is 11.0. The van der Waals surface area contributed by atoms with Crippen LogP contribution >= 0.6 is 59.1 Å². The van der Waals surface area contributed by atoms with Gasteiger partial charge in [-0.3, -0.25) is 0 Å². The Morgan fingerprint density at radius 1 is 1.00 bits per heavy atom. The zero-order chi connectivity index (χ0) is 14.2. The number of alkyl halides is 1. The van der Waals surface area contributed by atoms with Crippen LogP contribution in [-0.2, 0) is 5.41 Å². The fourth-order valence-electron chi connectivity index (χ4n) is 1.78. The normalized spacial score (nSPS) is 13.6. The molecule has 0 spiro atoms. The maximum atomic E-state index is 3.81. The first kappa shape index (κ1) is 15.7. The van der Waals surface area contributed by atoms with Gasteiger partial charge in [0.1, 0.15) is 0 Å². The number of rotatable bonds is 2. The molecule has 0 radical (unpaired) electrons. The maximum Gasteiger partial charge on any atom is 0.0738 e. The Labute approximate surface area is 144 Å². The van der Waals surface area contributed by atoms with Gasteiger partial charge in [-0.05, 0) is 41.3 Å². The molecule has 0 aliphatic carbocycles. The van der Waals surface area contributed by atoms with E-state index in [9.17, 15) is 0 Å². The molecule has 1 heterocycles. The van der Waals surface area contributed by atoms with Gasteiger partial charge in [0.25, 0.3) is 0 Å². The van der Waals surface area contributed by atoms with Gasteiger partial charge in [-0.2, -0.15) is 0 Å². The van der Waals surface area contributed by atoms with Gasteiger partial charge in [0.05, 0.1) is 4.83 Å². The summed E-state index contributed by atoms with van der Waals surface area (Å²) in [6.07, 6.45) is 0. The molecule has 0 saturated carbocycles. The Hall–Kier alpha value is 0.360. The number of benzene rings is 1. The van der Waals surface area contributed by atoms with Crippen LogP contribution in [0.3, 0.4) is 0 Å². The molecule has 0 bridgehead atoms. The largest absolute Gasteiger partial charge is 0.143 e. The third kappa shape index (κ3) is 3.93. The summed E-state index contributed by atoms with van der Waals surface area (Å²) in [5.74, 6) is 0. The van der Waals surface area contributed by atoms with Crippen LogP contribution in [0.2, 0.25) is 0 Å². The van der Waals surface area contributed by atoms with E-state index in [1.807, 2.05) is 11.3 Å². The molecular weight excluding hydrogens is 452 g/mol. The minimum Gasteiger partial charge on any atom is -0.143 e. The van der Waals surface area contributed by atoms with Crippen molar-refractivity contribution in [3.05, 3.63) is 54.6 Å². The molecule has 0 aliphatic rings. The monoisotopic (exact) mass is 464 g/mol. The lowest BCUT2D eigenvalue weighted by Gasteiger charge is -2.16. The lowest BCUT2D eigenvalue weighted by molar-refractivity contribution is 0.604. The number of hydrogen-bond acceptors (Lipinski definition) is 1. The third-order valence-corrected chi connectivity index (χ3v) is 6.61. The summed E-state index contributed by atoms with van der Waals surface area (Å²) >= 11 is 12.8. The van der Waals surface area contributed by atoms with E-state index in [2.05, 4.69) is 98.9 Å². The first-order valence-corrected chi connectivity index (χ1v) is 9.29. The molecule has 4 heteroatoms. The fraction of sp³-hybridized carbons (Fsp3) is 0.333. The van der Waals surface area contributed by atoms with Crippen molar-refractivity contribution in [1.82, 2.24) is 0 Å². The van der Waals surface area contributed by atoms with Crippen LogP contribution in [0, 0.1) is 0 Å². The van der Waals surface area contributed by atoms with E-state index in [1.165, 1.54) is 15.3 Å². The Balaban J connectivity index is 2.33.